The number of hydrogen-bond acceptors (Lipinski definition) is 2. The van der Waals surface area contributed by atoms with E-state index in [9.17, 15) is 9.18 Å². The minimum absolute atomic E-state index is 0.0585. The normalized spacial score (nSPS) is 9.32. The van der Waals surface area contributed by atoms with Crippen LogP contribution < -0.4 is 15.4 Å². The number of ether oxygens (including phenoxy) is 1. The second kappa shape index (κ2) is 8.32. The molecule has 2 amide bonds. The Morgan fingerprint density at radius 2 is 1.77 bits per heavy atom. The van der Waals surface area contributed by atoms with E-state index in [4.69, 9.17) is 4.74 Å². The highest BCUT2D eigenvalue weighted by molar-refractivity contribution is 5.89. The predicted molar refractivity (Wildman–Crippen MR) is 83.1 cm³/mol. The number of halogens is 1. The van der Waals surface area contributed by atoms with Gasteiger partial charge in [-0.05, 0) is 24.3 Å². The molecule has 0 bridgehead atoms. The number of anilines is 1. The molecule has 0 saturated carbocycles. The molecule has 0 aliphatic rings. The molecule has 0 aromatic heterocycles. The van der Waals surface area contributed by atoms with Crippen LogP contribution in [0, 0.1) is 17.7 Å². The van der Waals surface area contributed by atoms with E-state index in [1.54, 1.807) is 24.3 Å². The van der Waals surface area contributed by atoms with Crippen molar-refractivity contribution in [2.75, 3.05) is 18.5 Å². The number of hydrogen-bond donors (Lipinski definition) is 2. The number of nitrogens with one attached hydrogen (secondary N) is 2. The maximum absolute atomic E-state index is 13.2. The van der Waals surface area contributed by atoms with Crippen LogP contribution in [0.3, 0.4) is 0 Å². The number of para-hydroxylation sites is 2. The molecule has 5 heteroatoms. The van der Waals surface area contributed by atoms with Crippen LogP contribution in [0.4, 0.5) is 14.9 Å². The molecular weight excluding hydrogens is 283 g/mol. The summed E-state index contributed by atoms with van der Waals surface area (Å²) in [5, 5.41) is 5.26. The van der Waals surface area contributed by atoms with Crippen molar-refractivity contribution in [2.24, 2.45) is 0 Å². The molecule has 0 atom stereocenters. The smallest absolute Gasteiger partial charge is 0.319 e. The third kappa shape index (κ3) is 5.17. The summed E-state index contributed by atoms with van der Waals surface area (Å²) in [6.45, 7) is 0.238. The molecule has 0 saturated heterocycles. The van der Waals surface area contributed by atoms with Crippen LogP contribution in [0.1, 0.15) is 0 Å². The summed E-state index contributed by atoms with van der Waals surface area (Å²) >= 11 is 0. The second-order valence-corrected chi connectivity index (χ2v) is 4.25. The molecule has 112 valence electrons. The van der Waals surface area contributed by atoms with Crippen molar-refractivity contribution >= 4 is 11.7 Å². The lowest BCUT2D eigenvalue weighted by Crippen LogP contribution is -2.28. The minimum Gasteiger partial charge on any atom is -0.478 e. The standard InChI is InChI=1S/C17H15FN2O2/c18-15-10-4-5-11-16(15)22-13-7-6-12-19-17(21)20-14-8-2-1-3-9-14/h1-5,8-11H,12-13H2,(H2,19,20,21). The Labute approximate surface area is 128 Å². The maximum Gasteiger partial charge on any atom is 0.319 e. The van der Waals surface area contributed by atoms with Gasteiger partial charge in [-0.1, -0.05) is 42.2 Å². The summed E-state index contributed by atoms with van der Waals surface area (Å²) in [4.78, 5) is 11.5. The van der Waals surface area contributed by atoms with E-state index in [0.717, 1.165) is 0 Å². The van der Waals surface area contributed by atoms with E-state index in [2.05, 4.69) is 22.5 Å². The Kier molecular flexibility index (Phi) is 5.82. The topological polar surface area (TPSA) is 50.4 Å². The second-order valence-electron chi connectivity index (χ2n) is 4.25. The summed E-state index contributed by atoms with van der Waals surface area (Å²) in [5.41, 5.74) is 0.704. The molecule has 2 N–H and O–H groups in total. The van der Waals surface area contributed by atoms with Gasteiger partial charge in [-0.3, -0.25) is 0 Å². The van der Waals surface area contributed by atoms with Crippen LogP contribution in [-0.4, -0.2) is 19.2 Å². The van der Waals surface area contributed by atoms with Gasteiger partial charge in [0.2, 0.25) is 0 Å². The molecule has 2 aromatic carbocycles. The van der Waals surface area contributed by atoms with Crippen molar-refractivity contribution in [1.29, 1.82) is 0 Å². The van der Waals surface area contributed by atoms with Crippen LogP contribution >= 0.6 is 0 Å². The lowest BCUT2D eigenvalue weighted by Gasteiger charge is -2.04. The van der Waals surface area contributed by atoms with Crippen LogP contribution in [-0.2, 0) is 0 Å². The fourth-order valence-corrected chi connectivity index (χ4v) is 1.61. The van der Waals surface area contributed by atoms with Gasteiger partial charge in [-0.15, -0.1) is 0 Å². The molecule has 0 fully saturated rings. The Bertz CT molecular complexity index is 678. The highest BCUT2D eigenvalue weighted by atomic mass is 19.1. The molecule has 0 spiro atoms. The van der Waals surface area contributed by atoms with E-state index >= 15 is 0 Å². The van der Waals surface area contributed by atoms with E-state index in [1.807, 2.05) is 18.2 Å². The highest BCUT2D eigenvalue weighted by Crippen LogP contribution is 2.14. The van der Waals surface area contributed by atoms with Crippen molar-refractivity contribution in [2.45, 2.75) is 0 Å². The Morgan fingerprint density at radius 3 is 2.55 bits per heavy atom. The fourth-order valence-electron chi connectivity index (χ4n) is 1.61. The number of amides is 2. The fraction of sp³-hybridized carbons (Fsp3) is 0.118. The van der Waals surface area contributed by atoms with Gasteiger partial charge in [0.05, 0.1) is 6.54 Å². The first-order chi connectivity index (χ1) is 10.8. The number of carbonyl (C=O) groups is 1. The van der Waals surface area contributed by atoms with Gasteiger partial charge in [-0.25, -0.2) is 9.18 Å². The molecule has 0 unspecified atom stereocenters. The molecule has 0 aliphatic carbocycles. The lowest BCUT2D eigenvalue weighted by atomic mass is 10.3. The van der Waals surface area contributed by atoms with Gasteiger partial charge in [0.1, 0.15) is 6.61 Å². The summed E-state index contributed by atoms with van der Waals surface area (Å²) in [7, 11) is 0. The Balaban J connectivity index is 1.67. The quantitative estimate of drug-likeness (QED) is 0.852. The molecule has 0 aliphatic heterocycles. The zero-order valence-electron chi connectivity index (χ0n) is 11.8. The average Bonchev–Trinajstić information content (AvgIpc) is 2.53. The first-order valence-electron chi connectivity index (χ1n) is 6.68. The average molecular weight is 298 g/mol. The van der Waals surface area contributed by atoms with Crippen molar-refractivity contribution < 1.29 is 13.9 Å². The Hall–Kier alpha value is -3.00. The number of carbonyl (C=O) groups excluding carboxylic acids is 1. The summed E-state index contributed by atoms with van der Waals surface area (Å²) in [6.07, 6.45) is 0. The van der Waals surface area contributed by atoms with Gasteiger partial charge in [0.25, 0.3) is 0 Å². The first kappa shape index (κ1) is 15.4. The first-order valence-corrected chi connectivity index (χ1v) is 6.68. The van der Waals surface area contributed by atoms with Gasteiger partial charge in [0.15, 0.2) is 11.6 Å². The predicted octanol–water partition coefficient (Wildman–Crippen LogP) is 3.03. The monoisotopic (exact) mass is 298 g/mol. The van der Waals surface area contributed by atoms with Crippen molar-refractivity contribution in [3.05, 3.63) is 60.4 Å². The van der Waals surface area contributed by atoms with E-state index in [0.29, 0.717) is 5.69 Å². The van der Waals surface area contributed by atoms with E-state index in [1.165, 1.54) is 12.1 Å². The van der Waals surface area contributed by atoms with Crippen molar-refractivity contribution in [3.8, 4) is 17.6 Å². The highest BCUT2D eigenvalue weighted by Gasteiger charge is 1.99. The van der Waals surface area contributed by atoms with Crippen LogP contribution in [0.5, 0.6) is 5.75 Å². The van der Waals surface area contributed by atoms with Crippen LogP contribution in [0.25, 0.3) is 0 Å². The van der Waals surface area contributed by atoms with Crippen molar-refractivity contribution in [1.82, 2.24) is 5.32 Å². The minimum atomic E-state index is -0.426. The molecule has 2 rings (SSSR count). The zero-order chi connectivity index (χ0) is 15.6. The van der Waals surface area contributed by atoms with Gasteiger partial charge in [0, 0.05) is 5.69 Å². The van der Waals surface area contributed by atoms with Gasteiger partial charge in [-0.2, -0.15) is 0 Å². The molecule has 4 nitrogen and oxygen atoms in total. The number of rotatable bonds is 4. The largest absolute Gasteiger partial charge is 0.478 e. The van der Waals surface area contributed by atoms with Gasteiger partial charge < -0.3 is 15.4 Å². The van der Waals surface area contributed by atoms with E-state index < -0.39 is 5.82 Å². The Morgan fingerprint density at radius 1 is 1.05 bits per heavy atom. The molecule has 2 aromatic rings. The third-order valence-corrected chi connectivity index (χ3v) is 2.63. The molecule has 22 heavy (non-hydrogen) atoms. The molecular formula is C17H15FN2O2. The van der Waals surface area contributed by atoms with Crippen LogP contribution in [0.2, 0.25) is 0 Å². The van der Waals surface area contributed by atoms with Crippen molar-refractivity contribution in [3.63, 3.8) is 0 Å². The third-order valence-electron chi connectivity index (χ3n) is 2.63. The van der Waals surface area contributed by atoms with E-state index in [-0.39, 0.29) is 24.9 Å². The van der Waals surface area contributed by atoms with Crippen LogP contribution in [0.15, 0.2) is 54.6 Å². The molecule has 0 radical (unpaired) electrons. The number of benzene rings is 2. The maximum atomic E-state index is 13.2. The lowest BCUT2D eigenvalue weighted by molar-refractivity contribution is 0.253. The zero-order valence-corrected chi connectivity index (χ0v) is 11.8. The summed E-state index contributed by atoms with van der Waals surface area (Å²) in [5.74, 6) is 5.15. The summed E-state index contributed by atoms with van der Waals surface area (Å²) in [6, 6.07) is 14.9. The number of urea groups is 1. The van der Waals surface area contributed by atoms with Gasteiger partial charge >= 0.3 is 6.03 Å². The molecule has 0 heterocycles. The summed E-state index contributed by atoms with van der Waals surface area (Å²) < 4.78 is 18.4. The SMILES string of the molecule is O=C(NCC#CCOc1ccccc1F)Nc1ccccc1.